The molecule has 10 heteroatoms. The molecular formula is C18H21N5O4S. The van der Waals surface area contributed by atoms with E-state index in [1.165, 1.54) is 4.52 Å². The first-order chi connectivity index (χ1) is 13.1. The number of hydrogen-bond acceptors (Lipinski definition) is 7. The fourth-order valence-corrected chi connectivity index (χ4v) is 3.64. The van der Waals surface area contributed by atoms with Crippen molar-refractivity contribution in [1.82, 2.24) is 19.6 Å². The summed E-state index contributed by atoms with van der Waals surface area (Å²) in [6, 6.07) is 5.15. The summed E-state index contributed by atoms with van der Waals surface area (Å²) in [5.41, 5.74) is 2.16. The quantitative estimate of drug-likeness (QED) is 0.650. The number of nitrogens with zero attached hydrogens (tertiary/aromatic N) is 4. The largest absolute Gasteiger partial charge is 0.459 e. The van der Waals surface area contributed by atoms with E-state index in [9.17, 15) is 13.2 Å². The third kappa shape index (κ3) is 3.81. The summed E-state index contributed by atoms with van der Waals surface area (Å²) in [4.78, 5) is 20.7. The Morgan fingerprint density at radius 3 is 2.46 bits per heavy atom. The van der Waals surface area contributed by atoms with Gasteiger partial charge in [0.2, 0.25) is 0 Å². The zero-order valence-corrected chi connectivity index (χ0v) is 17.0. The van der Waals surface area contributed by atoms with Crippen LogP contribution in [0.1, 0.15) is 41.0 Å². The second kappa shape index (κ2) is 7.19. The smallest absolute Gasteiger partial charge is 0.340 e. The van der Waals surface area contributed by atoms with Gasteiger partial charge in [-0.15, -0.1) is 5.10 Å². The Morgan fingerprint density at radius 2 is 1.79 bits per heavy atom. The number of ether oxygens (including phenoxy) is 1. The molecule has 0 unspecified atom stereocenters. The topological polar surface area (TPSA) is 116 Å². The van der Waals surface area contributed by atoms with Gasteiger partial charge in [0.1, 0.15) is 0 Å². The fraction of sp³-hybridized carbons (Fsp3) is 0.333. The van der Waals surface area contributed by atoms with E-state index in [1.54, 1.807) is 59.0 Å². The molecule has 0 spiro atoms. The molecule has 0 radical (unpaired) electrons. The molecule has 0 aliphatic heterocycles. The minimum absolute atomic E-state index is 0.147. The number of sulfonamides is 1. The Hall–Kier alpha value is -3.01. The van der Waals surface area contributed by atoms with Crippen LogP contribution in [0.25, 0.3) is 5.78 Å². The third-order valence-corrected chi connectivity index (χ3v) is 5.10. The molecule has 148 valence electrons. The predicted octanol–water partition coefficient (Wildman–Crippen LogP) is 2.42. The number of anilines is 1. The maximum atomic E-state index is 12.9. The van der Waals surface area contributed by atoms with Crippen LogP contribution in [0, 0.1) is 20.8 Å². The summed E-state index contributed by atoms with van der Waals surface area (Å²) < 4.78 is 34.8. The van der Waals surface area contributed by atoms with E-state index in [0.29, 0.717) is 16.8 Å². The van der Waals surface area contributed by atoms with E-state index in [4.69, 9.17) is 4.74 Å². The van der Waals surface area contributed by atoms with Crippen LogP contribution in [0.3, 0.4) is 0 Å². The lowest BCUT2D eigenvalue weighted by Gasteiger charge is -2.17. The summed E-state index contributed by atoms with van der Waals surface area (Å²) in [6.07, 6.45) is 1.24. The Bertz CT molecular complexity index is 1170. The molecule has 3 aromatic rings. The maximum absolute atomic E-state index is 12.9. The van der Waals surface area contributed by atoms with Crippen molar-refractivity contribution in [2.24, 2.45) is 0 Å². The molecule has 2 aromatic heterocycles. The molecule has 9 nitrogen and oxygen atoms in total. The molecule has 0 aliphatic carbocycles. The van der Waals surface area contributed by atoms with Crippen LogP contribution in [0.5, 0.6) is 0 Å². The maximum Gasteiger partial charge on any atom is 0.340 e. The van der Waals surface area contributed by atoms with Gasteiger partial charge in [0.05, 0.1) is 17.4 Å². The van der Waals surface area contributed by atoms with Gasteiger partial charge in [-0.25, -0.2) is 14.3 Å². The van der Waals surface area contributed by atoms with Crippen LogP contribution >= 0.6 is 0 Å². The van der Waals surface area contributed by atoms with Gasteiger partial charge in [0, 0.05) is 11.9 Å². The molecular weight excluding hydrogens is 382 g/mol. The van der Waals surface area contributed by atoms with Crippen LogP contribution in [0.2, 0.25) is 0 Å². The van der Waals surface area contributed by atoms with E-state index >= 15 is 0 Å². The fourth-order valence-electron chi connectivity index (χ4n) is 2.62. The Morgan fingerprint density at radius 1 is 1.11 bits per heavy atom. The first-order valence-corrected chi connectivity index (χ1v) is 10.1. The standard InChI is InChI=1S/C18H21N5O4S/c1-10(2)27-16(24)14-11(3)6-7-12(4)15(14)22-28(25,26)18-20-17-19-13(5)8-9-23(17)21-18/h6-10,22H,1-5H3. The number of carbonyl (C=O) groups excluding carboxylic acids is 1. The van der Waals surface area contributed by atoms with E-state index in [1.807, 2.05) is 0 Å². The Balaban J connectivity index is 2.06. The highest BCUT2D eigenvalue weighted by molar-refractivity contribution is 7.92. The molecule has 0 saturated carbocycles. The summed E-state index contributed by atoms with van der Waals surface area (Å²) >= 11 is 0. The van der Waals surface area contributed by atoms with Crippen molar-refractivity contribution in [3.63, 3.8) is 0 Å². The number of nitrogens with one attached hydrogen (secondary N) is 1. The van der Waals surface area contributed by atoms with Gasteiger partial charge in [-0.05, 0) is 51.8 Å². The molecule has 0 aliphatic rings. The molecule has 0 saturated heterocycles. The Labute approximate surface area is 162 Å². The van der Waals surface area contributed by atoms with Crippen LogP contribution in [0.4, 0.5) is 5.69 Å². The number of rotatable bonds is 5. The molecule has 3 rings (SSSR count). The van der Waals surface area contributed by atoms with Gasteiger partial charge < -0.3 is 4.74 Å². The first-order valence-electron chi connectivity index (χ1n) is 8.62. The second-order valence-electron chi connectivity index (χ2n) is 6.72. The molecule has 2 heterocycles. The number of aryl methyl sites for hydroxylation is 3. The summed E-state index contributed by atoms with van der Waals surface area (Å²) in [5.74, 6) is -0.435. The van der Waals surface area contributed by atoms with E-state index < -0.39 is 21.1 Å². The lowest BCUT2D eigenvalue weighted by Crippen LogP contribution is -2.20. The Kier molecular flexibility index (Phi) is 5.07. The van der Waals surface area contributed by atoms with Crippen molar-refractivity contribution in [2.45, 2.75) is 45.9 Å². The van der Waals surface area contributed by atoms with E-state index in [2.05, 4.69) is 19.8 Å². The van der Waals surface area contributed by atoms with Gasteiger partial charge >= 0.3 is 5.97 Å². The number of hydrogen-bond donors (Lipinski definition) is 1. The molecule has 1 aromatic carbocycles. The molecule has 28 heavy (non-hydrogen) atoms. The van der Waals surface area contributed by atoms with Crippen LogP contribution in [-0.4, -0.2) is 40.1 Å². The SMILES string of the molecule is Cc1ccn2nc(S(=O)(=O)Nc3c(C)ccc(C)c3C(=O)OC(C)C)nc2n1. The molecule has 0 amide bonds. The van der Waals surface area contributed by atoms with Crippen molar-refractivity contribution >= 4 is 27.5 Å². The van der Waals surface area contributed by atoms with E-state index in [0.717, 1.165) is 0 Å². The highest BCUT2D eigenvalue weighted by Gasteiger charge is 2.26. The number of aromatic nitrogens is 4. The van der Waals surface area contributed by atoms with Crippen LogP contribution in [-0.2, 0) is 14.8 Å². The zero-order chi connectivity index (χ0) is 20.6. The van der Waals surface area contributed by atoms with Crippen molar-refractivity contribution < 1.29 is 17.9 Å². The van der Waals surface area contributed by atoms with Crippen molar-refractivity contribution in [3.8, 4) is 0 Å². The normalized spacial score (nSPS) is 11.8. The average molecular weight is 403 g/mol. The number of fused-ring (bicyclic) bond motifs is 1. The number of benzene rings is 1. The van der Waals surface area contributed by atoms with Crippen LogP contribution in [0.15, 0.2) is 29.6 Å². The average Bonchev–Trinajstić information content (AvgIpc) is 3.01. The lowest BCUT2D eigenvalue weighted by molar-refractivity contribution is 0.0378. The summed E-state index contributed by atoms with van der Waals surface area (Å²) in [7, 11) is -4.15. The van der Waals surface area contributed by atoms with Crippen molar-refractivity contribution in [2.75, 3.05) is 4.72 Å². The highest BCUT2D eigenvalue weighted by Crippen LogP contribution is 2.27. The van der Waals surface area contributed by atoms with Gasteiger partial charge in [0.15, 0.2) is 0 Å². The third-order valence-electron chi connectivity index (χ3n) is 3.97. The molecule has 0 fully saturated rings. The summed E-state index contributed by atoms with van der Waals surface area (Å²) in [6.45, 7) is 8.63. The van der Waals surface area contributed by atoms with Gasteiger partial charge in [-0.1, -0.05) is 12.1 Å². The van der Waals surface area contributed by atoms with Gasteiger partial charge in [-0.3, -0.25) is 4.72 Å². The van der Waals surface area contributed by atoms with Crippen molar-refractivity contribution in [1.29, 1.82) is 0 Å². The predicted molar refractivity (Wildman–Crippen MR) is 103 cm³/mol. The van der Waals surface area contributed by atoms with Crippen LogP contribution < -0.4 is 4.72 Å². The minimum atomic E-state index is -4.15. The molecule has 1 N–H and O–H groups in total. The van der Waals surface area contributed by atoms with Crippen molar-refractivity contribution in [3.05, 3.63) is 46.8 Å². The van der Waals surface area contributed by atoms with Gasteiger partial charge in [0.25, 0.3) is 21.0 Å². The first kappa shape index (κ1) is 19.7. The molecule has 0 bridgehead atoms. The van der Waals surface area contributed by atoms with E-state index in [-0.39, 0.29) is 23.1 Å². The highest BCUT2D eigenvalue weighted by atomic mass is 32.2. The second-order valence-corrected chi connectivity index (χ2v) is 8.29. The minimum Gasteiger partial charge on any atom is -0.459 e. The number of esters is 1. The summed E-state index contributed by atoms with van der Waals surface area (Å²) in [5, 5.41) is 3.54. The monoisotopic (exact) mass is 403 g/mol. The lowest BCUT2D eigenvalue weighted by atomic mass is 10.0. The number of carbonyl (C=O) groups is 1. The molecule has 0 atom stereocenters. The van der Waals surface area contributed by atoms with Gasteiger partial charge in [-0.2, -0.15) is 13.4 Å². The zero-order valence-electron chi connectivity index (χ0n) is 16.2.